The molecule has 1 aromatic rings. The Balaban J connectivity index is 2.89. The third-order valence-electron chi connectivity index (χ3n) is 3.53. The van der Waals surface area contributed by atoms with Crippen LogP contribution in [0, 0.1) is 11.8 Å². The normalized spacial score (nSPS) is 15.4. The van der Waals surface area contributed by atoms with Crippen molar-refractivity contribution < 1.29 is 0 Å². The van der Waals surface area contributed by atoms with E-state index in [4.69, 9.17) is 17.3 Å². The Morgan fingerprint density at radius 2 is 2.00 bits per heavy atom. The lowest BCUT2D eigenvalue weighted by molar-refractivity contribution is 0.323. The van der Waals surface area contributed by atoms with Gasteiger partial charge in [0.05, 0.1) is 29.5 Å². The van der Waals surface area contributed by atoms with Gasteiger partial charge in [0.15, 0.2) is 0 Å². The van der Waals surface area contributed by atoms with Crippen LogP contribution in [0.4, 0.5) is 0 Å². The molecule has 2 atom stereocenters. The Labute approximate surface area is 115 Å². The molecule has 1 aromatic heterocycles. The minimum Gasteiger partial charge on any atom is -0.322 e. The van der Waals surface area contributed by atoms with Gasteiger partial charge in [-0.3, -0.25) is 4.68 Å². The van der Waals surface area contributed by atoms with Crippen LogP contribution in [0.1, 0.15) is 32.5 Å². The van der Waals surface area contributed by atoms with E-state index in [9.17, 15) is 0 Å². The van der Waals surface area contributed by atoms with E-state index >= 15 is 0 Å². The van der Waals surface area contributed by atoms with E-state index < -0.39 is 0 Å². The van der Waals surface area contributed by atoms with Gasteiger partial charge in [-0.05, 0) is 25.9 Å². The second kappa shape index (κ2) is 6.55. The lowest BCUT2D eigenvalue weighted by Gasteiger charge is -2.25. The quantitative estimate of drug-likeness (QED) is 0.865. The maximum absolute atomic E-state index is 6.33. The third-order valence-corrected chi connectivity index (χ3v) is 3.82. The summed E-state index contributed by atoms with van der Waals surface area (Å²) < 4.78 is 1.94. The maximum atomic E-state index is 6.33. The van der Waals surface area contributed by atoms with Gasteiger partial charge < -0.3 is 10.6 Å². The van der Waals surface area contributed by atoms with Crippen LogP contribution in [0.25, 0.3) is 0 Å². The molecule has 0 aromatic carbocycles. The zero-order chi connectivity index (χ0) is 13.9. The number of rotatable bonds is 6. The fourth-order valence-electron chi connectivity index (χ4n) is 1.84. The average Bonchev–Trinajstić information content (AvgIpc) is 2.65. The number of nitrogens with zero attached hydrogens (tertiary/aromatic N) is 3. The van der Waals surface area contributed by atoms with Crippen LogP contribution < -0.4 is 5.73 Å². The molecule has 1 rings (SSSR count). The lowest BCUT2D eigenvalue weighted by atomic mass is 9.89. The van der Waals surface area contributed by atoms with E-state index in [0.717, 1.165) is 18.8 Å². The van der Waals surface area contributed by atoms with Crippen molar-refractivity contribution in [2.24, 2.45) is 17.6 Å². The maximum Gasteiger partial charge on any atom is 0.0834 e. The molecule has 0 amide bonds. The van der Waals surface area contributed by atoms with E-state index in [1.165, 1.54) is 0 Å². The minimum atomic E-state index is -0.0674. The average molecular weight is 273 g/mol. The van der Waals surface area contributed by atoms with E-state index in [1.807, 2.05) is 18.8 Å². The van der Waals surface area contributed by atoms with Crippen LogP contribution in [-0.2, 0) is 6.54 Å². The standard InChI is InChI=1S/C13H25ClN4/c1-9(2)10(3)12(15)13-11(14)8-16-18(13)7-6-17(4)5/h8-10,12H,6-7,15H2,1-5H3. The van der Waals surface area contributed by atoms with Crippen molar-refractivity contribution in [2.75, 3.05) is 20.6 Å². The first-order valence-electron chi connectivity index (χ1n) is 6.46. The van der Waals surface area contributed by atoms with Gasteiger partial charge in [0.1, 0.15) is 0 Å². The predicted molar refractivity (Wildman–Crippen MR) is 76.7 cm³/mol. The van der Waals surface area contributed by atoms with Crippen LogP contribution in [0.3, 0.4) is 0 Å². The minimum absolute atomic E-state index is 0.0674. The predicted octanol–water partition coefficient (Wildman–Crippen LogP) is 2.39. The van der Waals surface area contributed by atoms with Crippen molar-refractivity contribution in [1.29, 1.82) is 0 Å². The molecule has 0 aliphatic rings. The molecular weight excluding hydrogens is 248 g/mol. The lowest BCUT2D eigenvalue weighted by Crippen LogP contribution is -2.28. The first-order valence-corrected chi connectivity index (χ1v) is 6.84. The van der Waals surface area contributed by atoms with Crippen LogP contribution in [0.2, 0.25) is 5.02 Å². The number of halogens is 1. The van der Waals surface area contributed by atoms with Gasteiger partial charge in [0.2, 0.25) is 0 Å². The van der Waals surface area contributed by atoms with Crippen molar-refractivity contribution in [2.45, 2.75) is 33.4 Å². The fourth-order valence-corrected chi connectivity index (χ4v) is 2.11. The number of aromatic nitrogens is 2. The summed E-state index contributed by atoms with van der Waals surface area (Å²) in [6.45, 7) is 8.26. The Kier molecular flexibility index (Phi) is 5.63. The molecule has 0 spiro atoms. The molecule has 2 unspecified atom stereocenters. The van der Waals surface area contributed by atoms with Gasteiger partial charge in [-0.2, -0.15) is 5.10 Å². The zero-order valence-corrected chi connectivity index (χ0v) is 12.8. The zero-order valence-electron chi connectivity index (χ0n) is 12.0. The Morgan fingerprint density at radius 1 is 1.39 bits per heavy atom. The molecule has 0 saturated carbocycles. The monoisotopic (exact) mass is 272 g/mol. The summed E-state index contributed by atoms with van der Waals surface area (Å²) in [5, 5.41) is 5.00. The highest BCUT2D eigenvalue weighted by atomic mass is 35.5. The summed E-state index contributed by atoms with van der Waals surface area (Å²) >= 11 is 6.23. The van der Waals surface area contributed by atoms with Crippen LogP contribution >= 0.6 is 11.6 Å². The number of hydrogen-bond acceptors (Lipinski definition) is 3. The van der Waals surface area contributed by atoms with Gasteiger partial charge >= 0.3 is 0 Å². The molecule has 2 N–H and O–H groups in total. The van der Waals surface area contributed by atoms with Gasteiger partial charge in [-0.15, -0.1) is 0 Å². The summed E-state index contributed by atoms with van der Waals surface area (Å²) in [5.74, 6) is 0.894. The highest BCUT2D eigenvalue weighted by Gasteiger charge is 2.24. The van der Waals surface area contributed by atoms with Gasteiger partial charge in [-0.1, -0.05) is 32.4 Å². The highest BCUT2D eigenvalue weighted by molar-refractivity contribution is 6.31. The third kappa shape index (κ3) is 3.70. The largest absolute Gasteiger partial charge is 0.322 e. The fraction of sp³-hybridized carbons (Fsp3) is 0.769. The van der Waals surface area contributed by atoms with Crippen molar-refractivity contribution >= 4 is 11.6 Å². The highest BCUT2D eigenvalue weighted by Crippen LogP contribution is 2.30. The van der Waals surface area contributed by atoms with Crippen LogP contribution in [0.5, 0.6) is 0 Å². The molecular formula is C13H25ClN4. The second-order valence-electron chi connectivity index (χ2n) is 5.53. The summed E-state index contributed by atoms with van der Waals surface area (Å²) in [6, 6.07) is -0.0674. The SMILES string of the molecule is CC(C)C(C)C(N)c1c(Cl)cnn1CCN(C)C. The summed E-state index contributed by atoms with van der Waals surface area (Å²) in [4.78, 5) is 2.12. The van der Waals surface area contributed by atoms with Crippen LogP contribution in [-0.4, -0.2) is 35.3 Å². The molecule has 5 heteroatoms. The molecule has 0 radical (unpaired) electrons. The number of hydrogen-bond donors (Lipinski definition) is 1. The van der Waals surface area contributed by atoms with E-state index in [2.05, 4.69) is 30.8 Å². The van der Waals surface area contributed by atoms with Gasteiger partial charge in [0.25, 0.3) is 0 Å². The molecule has 4 nitrogen and oxygen atoms in total. The van der Waals surface area contributed by atoms with E-state index in [-0.39, 0.29) is 6.04 Å². The molecule has 0 fully saturated rings. The van der Waals surface area contributed by atoms with E-state index in [0.29, 0.717) is 16.9 Å². The Bertz CT molecular complexity index is 373. The smallest absolute Gasteiger partial charge is 0.0834 e. The summed E-state index contributed by atoms with van der Waals surface area (Å²) in [5.41, 5.74) is 7.29. The number of likely N-dealkylation sites (N-methyl/N-ethyl adjacent to an activating group) is 1. The van der Waals surface area contributed by atoms with Crippen molar-refractivity contribution in [3.8, 4) is 0 Å². The Hall–Kier alpha value is -0.580. The summed E-state index contributed by atoms with van der Waals surface area (Å²) in [7, 11) is 4.09. The second-order valence-corrected chi connectivity index (χ2v) is 5.94. The van der Waals surface area contributed by atoms with Crippen molar-refractivity contribution in [3.63, 3.8) is 0 Å². The van der Waals surface area contributed by atoms with Gasteiger partial charge in [0, 0.05) is 6.54 Å². The van der Waals surface area contributed by atoms with Crippen molar-refractivity contribution in [3.05, 3.63) is 16.9 Å². The molecule has 0 aliphatic carbocycles. The topological polar surface area (TPSA) is 47.1 Å². The van der Waals surface area contributed by atoms with E-state index in [1.54, 1.807) is 6.20 Å². The van der Waals surface area contributed by atoms with Crippen LogP contribution in [0.15, 0.2) is 6.20 Å². The first kappa shape index (κ1) is 15.5. The Morgan fingerprint density at radius 3 is 2.50 bits per heavy atom. The number of nitrogens with two attached hydrogens (primary N) is 1. The van der Waals surface area contributed by atoms with Gasteiger partial charge in [-0.25, -0.2) is 0 Å². The first-order chi connectivity index (χ1) is 8.34. The molecule has 18 heavy (non-hydrogen) atoms. The molecule has 0 saturated heterocycles. The summed E-state index contributed by atoms with van der Waals surface area (Å²) in [6.07, 6.45) is 1.69. The molecule has 0 aliphatic heterocycles. The molecule has 104 valence electrons. The molecule has 0 bridgehead atoms. The van der Waals surface area contributed by atoms with Crippen molar-refractivity contribution in [1.82, 2.24) is 14.7 Å². The molecule has 1 heterocycles.